The van der Waals surface area contributed by atoms with Gasteiger partial charge in [0.25, 0.3) is 0 Å². The molecule has 0 bridgehead atoms. The van der Waals surface area contributed by atoms with E-state index in [0.29, 0.717) is 4.88 Å². The zero-order valence-electron chi connectivity index (χ0n) is 7.61. The van der Waals surface area contributed by atoms with Gasteiger partial charge in [0.15, 0.2) is 15.7 Å². The third-order valence-electron chi connectivity index (χ3n) is 1.44. The second-order valence-electron chi connectivity index (χ2n) is 2.46. The average molecular weight is 272 g/mol. The molecule has 1 heterocycles. The molecule has 16 heavy (non-hydrogen) atoms. The van der Waals surface area contributed by atoms with Gasteiger partial charge in [-0.1, -0.05) is 34.5 Å². The van der Waals surface area contributed by atoms with Gasteiger partial charge in [-0.3, -0.25) is 10.4 Å². The second kappa shape index (κ2) is 5.57. The summed E-state index contributed by atoms with van der Waals surface area (Å²) in [5.74, 6) is 0. The highest BCUT2D eigenvalue weighted by atomic mass is 35.5. The lowest BCUT2D eigenvalue weighted by atomic mass is 10.2. The van der Waals surface area contributed by atoms with Crippen molar-refractivity contribution in [2.24, 2.45) is 4.99 Å². The smallest absolute Gasteiger partial charge is 0.187 e. The van der Waals surface area contributed by atoms with Crippen molar-refractivity contribution in [2.75, 3.05) is 0 Å². The number of aromatic nitrogens is 1. The molecule has 0 aliphatic carbocycles. The highest BCUT2D eigenvalue weighted by Gasteiger charge is 2.11. The number of nitrogens with zero attached hydrogens (tertiary/aromatic N) is 4. The summed E-state index contributed by atoms with van der Waals surface area (Å²) < 4.78 is 0.260. The van der Waals surface area contributed by atoms with Crippen molar-refractivity contribution >= 4 is 46.5 Å². The van der Waals surface area contributed by atoms with Gasteiger partial charge in [-0.15, -0.1) is 0 Å². The van der Waals surface area contributed by atoms with Crippen LogP contribution in [0.15, 0.2) is 4.99 Å². The molecule has 0 amide bonds. The predicted octanol–water partition coefficient (Wildman–Crippen LogP) is 2.30. The van der Waals surface area contributed by atoms with Gasteiger partial charge in [-0.05, 0) is 0 Å². The lowest BCUT2D eigenvalue weighted by Gasteiger charge is -1.95. The largest absolute Gasteiger partial charge is 0.291 e. The van der Waals surface area contributed by atoms with Crippen LogP contribution in [-0.4, -0.2) is 23.0 Å². The summed E-state index contributed by atoms with van der Waals surface area (Å²) in [6.45, 7) is 0. The molecule has 0 radical (unpaired) electrons. The summed E-state index contributed by atoms with van der Waals surface area (Å²) in [7, 11) is 0. The first-order chi connectivity index (χ1) is 7.58. The van der Waals surface area contributed by atoms with Crippen LogP contribution >= 0.6 is 34.5 Å². The topological polar surface area (TPSA) is 96.7 Å². The van der Waals surface area contributed by atoms with Crippen LogP contribution in [-0.2, 0) is 0 Å². The monoisotopic (exact) mass is 271 g/mol. The van der Waals surface area contributed by atoms with Crippen LogP contribution in [0.25, 0.3) is 0 Å². The number of aliphatic imine (C=N–C) groups is 1. The van der Waals surface area contributed by atoms with Crippen molar-refractivity contribution in [1.29, 1.82) is 15.9 Å². The van der Waals surface area contributed by atoms with E-state index in [1.54, 1.807) is 12.1 Å². The summed E-state index contributed by atoms with van der Waals surface area (Å²) in [6.07, 6.45) is 1.28. The van der Waals surface area contributed by atoms with E-state index in [4.69, 9.17) is 39.1 Å². The fourth-order valence-corrected chi connectivity index (χ4v) is 1.98. The Morgan fingerprint density at radius 2 is 2.25 bits per heavy atom. The summed E-state index contributed by atoms with van der Waals surface area (Å²) in [5, 5.41) is 24.4. The van der Waals surface area contributed by atoms with Crippen LogP contribution in [0.4, 0.5) is 0 Å². The van der Waals surface area contributed by atoms with Crippen molar-refractivity contribution < 1.29 is 0 Å². The first kappa shape index (κ1) is 12.6. The van der Waals surface area contributed by atoms with E-state index < -0.39 is 11.8 Å². The standard InChI is InChI=1S/C8H3Cl2N5S/c9-7-6(16-8(10)15-7)3-14-5(2-12)4(13)1-11/h3,5,13H/t5-/m1/s1. The van der Waals surface area contributed by atoms with Crippen LogP contribution in [0.5, 0.6) is 0 Å². The lowest BCUT2D eigenvalue weighted by Crippen LogP contribution is -2.13. The molecule has 0 fully saturated rings. The number of hydrogen-bond acceptors (Lipinski definition) is 6. The molecule has 1 aromatic rings. The SMILES string of the molecule is N#CC(=N)[C@@H](C#N)N=Cc1sc(Cl)nc1Cl. The van der Waals surface area contributed by atoms with Gasteiger partial charge in [0.1, 0.15) is 11.8 Å². The fraction of sp³-hybridized carbons (Fsp3) is 0.125. The molecule has 0 unspecified atom stereocenters. The number of thiazole rings is 1. The van der Waals surface area contributed by atoms with Gasteiger partial charge < -0.3 is 0 Å². The summed E-state index contributed by atoms with van der Waals surface area (Å²) in [5.41, 5.74) is -0.425. The Balaban J connectivity index is 2.89. The Morgan fingerprint density at radius 3 is 2.69 bits per heavy atom. The van der Waals surface area contributed by atoms with Gasteiger partial charge in [0.2, 0.25) is 0 Å². The number of nitrogens with one attached hydrogen (secondary N) is 1. The van der Waals surface area contributed by atoms with Crippen molar-refractivity contribution in [3.63, 3.8) is 0 Å². The van der Waals surface area contributed by atoms with Gasteiger partial charge in [0.05, 0.1) is 10.9 Å². The van der Waals surface area contributed by atoms with Crippen LogP contribution in [0.1, 0.15) is 4.88 Å². The minimum Gasteiger partial charge on any atom is -0.291 e. The molecule has 0 aliphatic heterocycles. The maximum atomic E-state index is 8.65. The highest BCUT2D eigenvalue weighted by Crippen LogP contribution is 2.24. The van der Waals surface area contributed by atoms with Crippen LogP contribution in [0.3, 0.4) is 0 Å². The molecule has 0 spiro atoms. The highest BCUT2D eigenvalue weighted by molar-refractivity contribution is 7.17. The van der Waals surface area contributed by atoms with Gasteiger partial charge in [-0.25, -0.2) is 4.98 Å². The molecule has 5 nitrogen and oxygen atoms in total. The molecule has 0 saturated carbocycles. The second-order valence-corrected chi connectivity index (χ2v) is 4.43. The Hall–Kier alpha value is -1.47. The summed E-state index contributed by atoms with van der Waals surface area (Å²) in [6, 6.07) is 2.14. The van der Waals surface area contributed by atoms with Crippen molar-refractivity contribution in [3.8, 4) is 12.1 Å². The third kappa shape index (κ3) is 3.01. The first-order valence-electron chi connectivity index (χ1n) is 3.81. The number of halogens is 2. The Labute approximate surface area is 105 Å². The molecule has 1 aromatic heterocycles. The molecule has 1 atom stereocenters. The minimum absolute atomic E-state index is 0.180. The Kier molecular flexibility index (Phi) is 4.39. The number of nitriles is 2. The van der Waals surface area contributed by atoms with E-state index in [2.05, 4.69) is 9.98 Å². The van der Waals surface area contributed by atoms with Crippen molar-refractivity contribution in [3.05, 3.63) is 14.5 Å². The Bertz CT molecular complexity index is 522. The predicted molar refractivity (Wildman–Crippen MR) is 62.5 cm³/mol. The van der Waals surface area contributed by atoms with E-state index in [0.717, 1.165) is 11.3 Å². The normalized spacial score (nSPS) is 12.0. The molecule has 8 heteroatoms. The van der Waals surface area contributed by atoms with E-state index in [1.807, 2.05) is 0 Å². The zero-order valence-corrected chi connectivity index (χ0v) is 9.94. The molecule has 0 aromatic carbocycles. The van der Waals surface area contributed by atoms with E-state index in [-0.39, 0.29) is 9.62 Å². The van der Waals surface area contributed by atoms with Gasteiger partial charge >= 0.3 is 0 Å². The van der Waals surface area contributed by atoms with E-state index >= 15 is 0 Å². The van der Waals surface area contributed by atoms with Gasteiger partial charge in [0, 0.05) is 6.21 Å². The van der Waals surface area contributed by atoms with Crippen molar-refractivity contribution in [1.82, 2.24) is 4.98 Å². The van der Waals surface area contributed by atoms with E-state index in [1.165, 1.54) is 6.21 Å². The number of hydrogen-bond donors (Lipinski definition) is 1. The van der Waals surface area contributed by atoms with Crippen LogP contribution in [0.2, 0.25) is 9.62 Å². The Morgan fingerprint density at radius 1 is 1.56 bits per heavy atom. The van der Waals surface area contributed by atoms with Crippen LogP contribution < -0.4 is 0 Å². The number of rotatable bonds is 3. The molecule has 1 rings (SSSR count). The summed E-state index contributed by atoms with van der Waals surface area (Å²) in [4.78, 5) is 7.97. The van der Waals surface area contributed by atoms with E-state index in [9.17, 15) is 0 Å². The fourth-order valence-electron chi connectivity index (χ4n) is 0.743. The minimum atomic E-state index is -1.12. The quantitative estimate of drug-likeness (QED) is 0.855. The average Bonchev–Trinajstić information content (AvgIpc) is 2.58. The molecular formula is C8H3Cl2N5S. The summed E-state index contributed by atoms with van der Waals surface area (Å²) >= 11 is 12.4. The molecular weight excluding hydrogens is 269 g/mol. The molecule has 0 saturated heterocycles. The maximum Gasteiger partial charge on any atom is 0.187 e. The maximum absolute atomic E-state index is 8.65. The first-order valence-corrected chi connectivity index (χ1v) is 5.39. The van der Waals surface area contributed by atoms with Crippen LogP contribution in [0, 0.1) is 28.1 Å². The van der Waals surface area contributed by atoms with Crippen molar-refractivity contribution in [2.45, 2.75) is 6.04 Å². The molecule has 1 N–H and O–H groups in total. The zero-order chi connectivity index (χ0) is 12.1. The van der Waals surface area contributed by atoms with Gasteiger partial charge in [-0.2, -0.15) is 10.5 Å². The lowest BCUT2D eigenvalue weighted by molar-refractivity contribution is 1.09. The third-order valence-corrected chi connectivity index (χ3v) is 2.94. The molecule has 80 valence electrons. The molecule has 0 aliphatic rings.